The summed E-state index contributed by atoms with van der Waals surface area (Å²) in [4.78, 5) is 45.4. The lowest BCUT2D eigenvalue weighted by Gasteiger charge is -2.07. The molecule has 1 rings (SSSR count). The van der Waals surface area contributed by atoms with Crippen molar-refractivity contribution in [3.05, 3.63) is 11.3 Å². The number of amides is 1. The maximum Gasteiger partial charge on any atom is 0.355 e. The maximum atomic E-state index is 11.6. The third-order valence-corrected chi connectivity index (χ3v) is 2.66. The molecule has 0 spiro atoms. The molecular weight excluding hydrogens is 270 g/mol. The molecular formula is C12H15NO7. The molecule has 20 heavy (non-hydrogen) atoms. The Labute approximate surface area is 115 Å². The summed E-state index contributed by atoms with van der Waals surface area (Å²) in [5, 5.41) is 2.26. The first-order valence-electron chi connectivity index (χ1n) is 5.76. The van der Waals surface area contributed by atoms with Gasteiger partial charge in [0.05, 0.1) is 20.6 Å². The Kier molecular flexibility index (Phi) is 5.24. The number of ether oxygens (including phenoxy) is 3. The van der Waals surface area contributed by atoms with Gasteiger partial charge in [0.2, 0.25) is 5.91 Å². The monoisotopic (exact) mass is 285 g/mol. The fraction of sp³-hybridized carbons (Fsp3) is 0.500. The highest BCUT2D eigenvalue weighted by molar-refractivity contribution is 6.01. The van der Waals surface area contributed by atoms with Crippen molar-refractivity contribution in [1.29, 1.82) is 0 Å². The molecule has 110 valence electrons. The SMILES string of the molecule is COC(=O)CC(=O)NC1=C(CC(=O)OC)[C@@H](C)OC1=O. The van der Waals surface area contributed by atoms with Crippen molar-refractivity contribution in [3.8, 4) is 0 Å². The topological polar surface area (TPSA) is 108 Å². The molecule has 0 radical (unpaired) electrons. The molecule has 0 bridgehead atoms. The van der Waals surface area contributed by atoms with Crippen LogP contribution in [0.2, 0.25) is 0 Å². The molecule has 1 aliphatic heterocycles. The second-order valence-electron chi connectivity index (χ2n) is 4.00. The molecule has 0 saturated carbocycles. The number of esters is 3. The lowest BCUT2D eigenvalue weighted by atomic mass is 10.1. The molecule has 1 atom stereocenters. The summed E-state index contributed by atoms with van der Waals surface area (Å²) in [5.41, 5.74) is 0.178. The third kappa shape index (κ3) is 3.81. The molecule has 0 unspecified atom stereocenters. The number of rotatable bonds is 5. The van der Waals surface area contributed by atoms with Gasteiger partial charge in [-0.05, 0) is 6.92 Å². The zero-order valence-corrected chi connectivity index (χ0v) is 11.3. The average molecular weight is 285 g/mol. The summed E-state index contributed by atoms with van der Waals surface area (Å²) < 4.78 is 13.8. The summed E-state index contributed by atoms with van der Waals surface area (Å²) >= 11 is 0. The lowest BCUT2D eigenvalue weighted by Crippen LogP contribution is -2.29. The number of hydrogen-bond donors (Lipinski definition) is 1. The first kappa shape index (κ1) is 15.7. The molecule has 0 aromatic rings. The van der Waals surface area contributed by atoms with Gasteiger partial charge in [-0.25, -0.2) is 4.79 Å². The van der Waals surface area contributed by atoms with E-state index in [0.29, 0.717) is 5.57 Å². The van der Waals surface area contributed by atoms with Gasteiger partial charge in [-0.3, -0.25) is 14.4 Å². The van der Waals surface area contributed by atoms with Gasteiger partial charge in [0, 0.05) is 5.57 Å². The largest absolute Gasteiger partial charge is 0.469 e. The molecule has 0 aromatic carbocycles. The van der Waals surface area contributed by atoms with E-state index >= 15 is 0 Å². The van der Waals surface area contributed by atoms with Crippen LogP contribution in [0.3, 0.4) is 0 Å². The number of cyclic esters (lactones) is 1. The highest BCUT2D eigenvalue weighted by Gasteiger charge is 2.33. The summed E-state index contributed by atoms with van der Waals surface area (Å²) in [6.07, 6.45) is -1.36. The van der Waals surface area contributed by atoms with Crippen LogP contribution in [-0.2, 0) is 33.4 Å². The Morgan fingerprint density at radius 3 is 2.35 bits per heavy atom. The van der Waals surface area contributed by atoms with E-state index in [0.717, 1.165) is 7.11 Å². The van der Waals surface area contributed by atoms with Crippen molar-refractivity contribution in [2.24, 2.45) is 0 Å². The zero-order valence-electron chi connectivity index (χ0n) is 11.3. The molecule has 0 fully saturated rings. The predicted octanol–water partition coefficient (Wildman–Crippen LogP) is -0.572. The number of carbonyl (C=O) groups excluding carboxylic acids is 4. The molecule has 8 heteroatoms. The first-order valence-corrected chi connectivity index (χ1v) is 5.76. The Balaban J connectivity index is 2.85. The van der Waals surface area contributed by atoms with Crippen LogP contribution in [0.5, 0.6) is 0 Å². The highest BCUT2D eigenvalue weighted by Crippen LogP contribution is 2.24. The summed E-state index contributed by atoms with van der Waals surface area (Å²) in [6, 6.07) is 0. The van der Waals surface area contributed by atoms with Crippen LogP contribution in [0.1, 0.15) is 19.8 Å². The van der Waals surface area contributed by atoms with Gasteiger partial charge in [0.1, 0.15) is 18.2 Å². The van der Waals surface area contributed by atoms with E-state index in [1.165, 1.54) is 7.11 Å². The van der Waals surface area contributed by atoms with Crippen molar-refractivity contribution in [1.82, 2.24) is 5.32 Å². The maximum absolute atomic E-state index is 11.6. The smallest absolute Gasteiger partial charge is 0.355 e. The predicted molar refractivity (Wildman–Crippen MR) is 64.0 cm³/mol. The van der Waals surface area contributed by atoms with E-state index in [1.54, 1.807) is 6.92 Å². The minimum absolute atomic E-state index is 0.128. The Morgan fingerprint density at radius 2 is 1.80 bits per heavy atom. The van der Waals surface area contributed by atoms with E-state index in [2.05, 4.69) is 14.8 Å². The van der Waals surface area contributed by atoms with Gasteiger partial charge in [-0.2, -0.15) is 0 Å². The summed E-state index contributed by atoms with van der Waals surface area (Å²) in [5.74, 6) is -2.78. The number of carbonyl (C=O) groups is 4. The van der Waals surface area contributed by atoms with Gasteiger partial charge >= 0.3 is 17.9 Å². The zero-order chi connectivity index (χ0) is 15.3. The molecule has 8 nitrogen and oxygen atoms in total. The van der Waals surface area contributed by atoms with Gasteiger partial charge in [-0.1, -0.05) is 0 Å². The summed E-state index contributed by atoms with van der Waals surface area (Å²) in [7, 11) is 2.35. The molecule has 0 saturated heterocycles. The standard InChI is InChI=1S/C12H15NO7/c1-6-7(4-9(15)18-2)11(12(17)20-6)13-8(14)5-10(16)19-3/h6H,4-5H2,1-3H3,(H,13,14)/t6-/m1/s1. The Bertz CT molecular complexity index is 480. The molecule has 1 N–H and O–H groups in total. The second kappa shape index (κ2) is 6.69. The lowest BCUT2D eigenvalue weighted by molar-refractivity contribution is -0.145. The Hall–Kier alpha value is -2.38. The molecule has 0 aliphatic carbocycles. The van der Waals surface area contributed by atoms with Crippen molar-refractivity contribution < 1.29 is 33.4 Å². The number of methoxy groups -OCH3 is 2. The highest BCUT2D eigenvalue weighted by atomic mass is 16.6. The number of nitrogens with one attached hydrogen (secondary N) is 1. The van der Waals surface area contributed by atoms with Gasteiger partial charge in [0.25, 0.3) is 0 Å². The van der Waals surface area contributed by atoms with Crippen molar-refractivity contribution in [3.63, 3.8) is 0 Å². The minimum atomic E-state index is -0.755. The quantitative estimate of drug-likeness (QED) is 0.409. The fourth-order valence-electron chi connectivity index (χ4n) is 1.60. The Morgan fingerprint density at radius 1 is 1.20 bits per heavy atom. The molecule has 0 aromatic heterocycles. The average Bonchev–Trinajstić information content (AvgIpc) is 2.65. The summed E-state index contributed by atoms with van der Waals surface area (Å²) in [6.45, 7) is 1.57. The van der Waals surface area contributed by atoms with E-state index in [-0.39, 0.29) is 12.1 Å². The van der Waals surface area contributed by atoms with Crippen molar-refractivity contribution >= 4 is 23.8 Å². The molecule has 1 aliphatic rings. The molecule has 1 amide bonds. The van der Waals surface area contributed by atoms with E-state index in [1.807, 2.05) is 0 Å². The van der Waals surface area contributed by atoms with Crippen LogP contribution in [0.4, 0.5) is 0 Å². The fourth-order valence-corrected chi connectivity index (χ4v) is 1.60. The van der Waals surface area contributed by atoms with Crippen LogP contribution < -0.4 is 5.32 Å². The van der Waals surface area contributed by atoms with E-state index in [4.69, 9.17) is 4.74 Å². The third-order valence-electron chi connectivity index (χ3n) is 2.66. The van der Waals surface area contributed by atoms with Crippen LogP contribution in [-0.4, -0.2) is 44.1 Å². The van der Waals surface area contributed by atoms with E-state index in [9.17, 15) is 19.2 Å². The van der Waals surface area contributed by atoms with E-state index < -0.39 is 36.3 Å². The normalized spacial score (nSPS) is 17.6. The second-order valence-corrected chi connectivity index (χ2v) is 4.00. The van der Waals surface area contributed by atoms with Crippen LogP contribution in [0, 0.1) is 0 Å². The van der Waals surface area contributed by atoms with Crippen molar-refractivity contribution in [2.45, 2.75) is 25.9 Å². The molecule has 1 heterocycles. The van der Waals surface area contributed by atoms with Gasteiger partial charge < -0.3 is 19.5 Å². The number of hydrogen-bond acceptors (Lipinski definition) is 7. The van der Waals surface area contributed by atoms with Gasteiger partial charge in [-0.15, -0.1) is 0 Å². The minimum Gasteiger partial charge on any atom is -0.469 e. The first-order chi connectivity index (χ1) is 9.38. The van der Waals surface area contributed by atoms with Crippen LogP contribution in [0.25, 0.3) is 0 Å². The van der Waals surface area contributed by atoms with Crippen LogP contribution >= 0.6 is 0 Å². The van der Waals surface area contributed by atoms with Gasteiger partial charge in [0.15, 0.2) is 0 Å². The van der Waals surface area contributed by atoms with Crippen molar-refractivity contribution in [2.75, 3.05) is 14.2 Å². The van der Waals surface area contributed by atoms with Crippen LogP contribution in [0.15, 0.2) is 11.3 Å².